The summed E-state index contributed by atoms with van der Waals surface area (Å²) < 4.78 is 6.87. The predicted molar refractivity (Wildman–Crippen MR) is 128 cm³/mol. The van der Waals surface area contributed by atoms with Crippen molar-refractivity contribution in [3.63, 3.8) is 0 Å². The Bertz CT molecular complexity index is 1260. The van der Waals surface area contributed by atoms with Crippen molar-refractivity contribution in [1.29, 1.82) is 0 Å². The van der Waals surface area contributed by atoms with E-state index in [9.17, 15) is 14.4 Å². The normalized spacial score (nSPS) is 13.0. The molecule has 3 aromatic rings. The fourth-order valence-corrected chi connectivity index (χ4v) is 4.26. The Kier molecular flexibility index (Phi) is 6.45. The third-order valence-electron chi connectivity index (χ3n) is 6.12. The highest BCUT2D eigenvalue weighted by atomic mass is 16.5. The molecule has 170 valence electrons. The van der Waals surface area contributed by atoms with Crippen LogP contribution < -0.4 is 15.6 Å². The van der Waals surface area contributed by atoms with Gasteiger partial charge in [-0.25, -0.2) is 0 Å². The third kappa shape index (κ3) is 4.46. The molecule has 6 heteroatoms. The van der Waals surface area contributed by atoms with Crippen molar-refractivity contribution in [3.05, 3.63) is 92.9 Å². The SMILES string of the molecule is COc1ccccc1CNC(=O)c1cc2c(n(-c3ccc(C(C)C)cc3)c1=O)CCCC2=O. The van der Waals surface area contributed by atoms with Gasteiger partial charge in [-0.3, -0.25) is 19.0 Å². The molecule has 1 aliphatic rings. The molecule has 0 unspecified atom stereocenters. The number of methoxy groups -OCH3 is 1. The number of hydrogen-bond acceptors (Lipinski definition) is 4. The highest BCUT2D eigenvalue weighted by Gasteiger charge is 2.26. The third-order valence-corrected chi connectivity index (χ3v) is 6.12. The molecule has 0 radical (unpaired) electrons. The number of carbonyl (C=O) groups excluding carboxylic acids is 2. The van der Waals surface area contributed by atoms with Crippen molar-refractivity contribution in [2.75, 3.05) is 7.11 Å². The zero-order valence-corrected chi connectivity index (χ0v) is 19.2. The van der Waals surface area contributed by atoms with Crippen LogP contribution in [0, 0.1) is 0 Å². The quantitative estimate of drug-likeness (QED) is 0.611. The lowest BCUT2D eigenvalue weighted by atomic mass is 9.92. The number of nitrogens with zero attached hydrogens (tertiary/aromatic N) is 1. The van der Waals surface area contributed by atoms with E-state index in [1.165, 1.54) is 10.6 Å². The summed E-state index contributed by atoms with van der Waals surface area (Å²) >= 11 is 0. The van der Waals surface area contributed by atoms with Gasteiger partial charge in [-0.15, -0.1) is 0 Å². The van der Waals surface area contributed by atoms with Gasteiger partial charge >= 0.3 is 0 Å². The maximum atomic E-state index is 13.5. The number of aromatic nitrogens is 1. The Balaban J connectivity index is 1.75. The Hall–Kier alpha value is -3.67. The first kappa shape index (κ1) is 22.5. The average Bonchev–Trinajstić information content (AvgIpc) is 2.82. The van der Waals surface area contributed by atoms with E-state index in [1.54, 1.807) is 7.11 Å². The molecular weight excluding hydrogens is 416 g/mol. The minimum atomic E-state index is -0.514. The van der Waals surface area contributed by atoms with Gasteiger partial charge in [-0.05, 0) is 48.6 Å². The van der Waals surface area contributed by atoms with Crippen LogP contribution in [0.4, 0.5) is 0 Å². The second kappa shape index (κ2) is 9.45. The number of benzene rings is 2. The van der Waals surface area contributed by atoms with Crippen LogP contribution in [0.1, 0.15) is 70.1 Å². The van der Waals surface area contributed by atoms with E-state index in [1.807, 2.05) is 48.5 Å². The van der Waals surface area contributed by atoms with Gasteiger partial charge in [0, 0.05) is 35.5 Å². The summed E-state index contributed by atoms with van der Waals surface area (Å²) in [5, 5.41) is 2.81. The van der Waals surface area contributed by atoms with Crippen molar-refractivity contribution in [2.24, 2.45) is 0 Å². The van der Waals surface area contributed by atoms with Crippen LogP contribution in [0.2, 0.25) is 0 Å². The molecule has 0 saturated heterocycles. The molecule has 6 nitrogen and oxygen atoms in total. The summed E-state index contributed by atoms with van der Waals surface area (Å²) in [6, 6.07) is 16.6. The zero-order valence-electron chi connectivity index (χ0n) is 19.2. The lowest BCUT2D eigenvalue weighted by Crippen LogP contribution is -2.36. The number of pyridine rings is 1. The van der Waals surface area contributed by atoms with Crippen LogP contribution in [0.5, 0.6) is 5.75 Å². The maximum absolute atomic E-state index is 13.5. The first-order valence-electron chi connectivity index (χ1n) is 11.2. The predicted octanol–water partition coefficient (Wildman–Crippen LogP) is 4.42. The first-order chi connectivity index (χ1) is 15.9. The fourth-order valence-electron chi connectivity index (χ4n) is 4.26. The number of para-hydroxylation sites is 1. The number of fused-ring (bicyclic) bond motifs is 1. The van der Waals surface area contributed by atoms with Crippen LogP contribution >= 0.6 is 0 Å². The average molecular weight is 445 g/mol. The van der Waals surface area contributed by atoms with Crippen molar-refractivity contribution in [2.45, 2.75) is 45.6 Å². The summed E-state index contributed by atoms with van der Waals surface area (Å²) in [7, 11) is 1.57. The number of carbonyl (C=O) groups is 2. The summed E-state index contributed by atoms with van der Waals surface area (Å²) in [5.74, 6) is 0.460. The van der Waals surface area contributed by atoms with Crippen molar-refractivity contribution in [3.8, 4) is 11.4 Å². The van der Waals surface area contributed by atoms with Gasteiger partial charge in [0.15, 0.2) is 5.78 Å². The Labute approximate surface area is 193 Å². The van der Waals surface area contributed by atoms with Gasteiger partial charge in [-0.1, -0.05) is 44.2 Å². The minimum absolute atomic E-state index is 0.0353. The number of ether oxygens (including phenoxy) is 1. The summed E-state index contributed by atoms with van der Waals surface area (Å²) in [5.41, 5.74) is 3.29. The molecule has 0 bridgehead atoms. The number of hydrogen-bond donors (Lipinski definition) is 1. The molecule has 1 heterocycles. The van der Waals surface area contributed by atoms with Gasteiger partial charge in [0.2, 0.25) is 0 Å². The van der Waals surface area contributed by atoms with E-state index in [0.717, 1.165) is 11.1 Å². The van der Waals surface area contributed by atoms with Crippen LogP contribution in [-0.2, 0) is 13.0 Å². The molecule has 0 atom stereocenters. The number of ketones is 1. The standard InChI is InChI=1S/C27H28N2O4/c1-17(2)18-11-13-20(14-12-18)29-23-8-6-9-24(30)21(23)15-22(27(29)32)26(31)28-16-19-7-4-5-10-25(19)33-3/h4-5,7,10-15,17H,6,8-9,16H2,1-3H3,(H,28,31). The molecule has 0 aliphatic heterocycles. The molecule has 1 aromatic heterocycles. The van der Waals surface area contributed by atoms with Gasteiger partial charge < -0.3 is 10.1 Å². The largest absolute Gasteiger partial charge is 0.496 e. The van der Waals surface area contributed by atoms with Crippen LogP contribution in [0.15, 0.2) is 59.4 Å². The maximum Gasteiger partial charge on any atom is 0.268 e. The van der Waals surface area contributed by atoms with Crippen LogP contribution in [0.25, 0.3) is 5.69 Å². The van der Waals surface area contributed by atoms with E-state index in [0.29, 0.717) is 47.9 Å². The summed E-state index contributed by atoms with van der Waals surface area (Å²) in [6.45, 7) is 4.42. The van der Waals surface area contributed by atoms with Gasteiger partial charge in [0.25, 0.3) is 11.5 Å². The first-order valence-corrected chi connectivity index (χ1v) is 11.2. The molecule has 1 amide bonds. The topological polar surface area (TPSA) is 77.4 Å². The van der Waals surface area contributed by atoms with E-state index >= 15 is 0 Å². The second-order valence-corrected chi connectivity index (χ2v) is 8.58. The molecule has 1 aliphatic carbocycles. The monoisotopic (exact) mass is 444 g/mol. The summed E-state index contributed by atoms with van der Waals surface area (Å²) in [6.07, 6.45) is 1.72. The molecule has 4 rings (SSSR count). The number of Topliss-reactive ketones (excluding diaryl/α,β-unsaturated/α-hetero) is 1. The minimum Gasteiger partial charge on any atom is -0.496 e. The fraction of sp³-hybridized carbons (Fsp3) is 0.296. The highest BCUT2D eigenvalue weighted by Crippen LogP contribution is 2.25. The van der Waals surface area contributed by atoms with Gasteiger partial charge in [0.05, 0.1) is 7.11 Å². The van der Waals surface area contributed by atoms with Crippen molar-refractivity contribution >= 4 is 11.7 Å². The van der Waals surface area contributed by atoms with Crippen LogP contribution in [0.3, 0.4) is 0 Å². The lowest BCUT2D eigenvalue weighted by Gasteiger charge is -2.22. The molecule has 0 fully saturated rings. The molecule has 1 N–H and O–H groups in total. The molecule has 0 spiro atoms. The Morgan fingerprint density at radius 1 is 1.06 bits per heavy atom. The zero-order chi connectivity index (χ0) is 23.5. The van der Waals surface area contributed by atoms with Crippen molar-refractivity contribution < 1.29 is 14.3 Å². The molecule has 2 aromatic carbocycles. The van der Waals surface area contributed by atoms with E-state index < -0.39 is 11.5 Å². The van der Waals surface area contributed by atoms with Gasteiger partial charge in [0.1, 0.15) is 11.3 Å². The lowest BCUT2D eigenvalue weighted by molar-refractivity contribution is 0.0948. The molecular formula is C27H28N2O4. The summed E-state index contributed by atoms with van der Waals surface area (Å²) in [4.78, 5) is 39.3. The smallest absolute Gasteiger partial charge is 0.268 e. The van der Waals surface area contributed by atoms with E-state index in [-0.39, 0.29) is 17.9 Å². The van der Waals surface area contributed by atoms with E-state index in [4.69, 9.17) is 4.74 Å². The number of rotatable bonds is 6. The number of amides is 1. The molecule has 33 heavy (non-hydrogen) atoms. The van der Waals surface area contributed by atoms with Gasteiger partial charge in [-0.2, -0.15) is 0 Å². The van der Waals surface area contributed by atoms with E-state index in [2.05, 4.69) is 19.2 Å². The Morgan fingerprint density at radius 3 is 2.48 bits per heavy atom. The number of nitrogens with one attached hydrogen (secondary N) is 1. The van der Waals surface area contributed by atoms with Crippen molar-refractivity contribution in [1.82, 2.24) is 9.88 Å². The Morgan fingerprint density at radius 2 is 1.79 bits per heavy atom. The molecule has 0 saturated carbocycles. The van der Waals surface area contributed by atoms with Crippen LogP contribution in [-0.4, -0.2) is 23.4 Å². The second-order valence-electron chi connectivity index (χ2n) is 8.58. The highest BCUT2D eigenvalue weighted by molar-refractivity contribution is 6.02.